The van der Waals surface area contributed by atoms with E-state index in [0.717, 1.165) is 56.0 Å². The van der Waals surface area contributed by atoms with E-state index in [1.165, 1.54) is 0 Å². The Morgan fingerprint density at radius 3 is 2.89 bits per heavy atom. The van der Waals surface area contributed by atoms with Crippen molar-refractivity contribution in [3.05, 3.63) is 47.5 Å². The number of anilines is 1. The Bertz CT molecular complexity index is 1090. The average molecular weight is 402 g/mol. The Balaban J connectivity index is 1.86. The van der Waals surface area contributed by atoms with Gasteiger partial charge in [0.2, 0.25) is 0 Å². The van der Waals surface area contributed by atoms with Crippen LogP contribution in [0.4, 0.5) is 5.82 Å². The molecule has 2 aromatic carbocycles. The van der Waals surface area contributed by atoms with Gasteiger partial charge in [0.1, 0.15) is 17.3 Å². The predicted molar refractivity (Wildman–Crippen MR) is 113 cm³/mol. The van der Waals surface area contributed by atoms with Gasteiger partial charge < -0.3 is 14.8 Å². The monoisotopic (exact) mass is 401 g/mol. The number of thiazole rings is 1. The van der Waals surface area contributed by atoms with E-state index in [1.54, 1.807) is 25.6 Å². The van der Waals surface area contributed by atoms with Crippen LogP contribution in [0.1, 0.15) is 6.42 Å². The second-order valence-corrected chi connectivity index (χ2v) is 7.59. The number of imidazole rings is 1. The Morgan fingerprint density at radius 2 is 2.07 bits per heavy atom. The fourth-order valence-corrected chi connectivity index (χ4v) is 4.40. The minimum Gasteiger partial charge on any atom is -0.497 e. The molecule has 0 amide bonds. The first kappa shape index (κ1) is 18.1. The van der Waals surface area contributed by atoms with E-state index in [2.05, 4.69) is 9.72 Å². The number of ether oxygens (including phenoxy) is 2. The van der Waals surface area contributed by atoms with Gasteiger partial charge >= 0.3 is 0 Å². The van der Waals surface area contributed by atoms with Crippen LogP contribution in [0, 0.1) is 0 Å². The van der Waals surface area contributed by atoms with Crippen molar-refractivity contribution in [2.24, 2.45) is 0 Å². The topological polar surface area (TPSA) is 47.8 Å². The highest BCUT2D eigenvalue weighted by molar-refractivity contribution is 7.23. The molecule has 0 spiro atoms. The molecule has 0 aliphatic carbocycles. The third-order valence-corrected chi connectivity index (χ3v) is 5.61. The summed E-state index contributed by atoms with van der Waals surface area (Å²) in [6.45, 7) is 1.51. The molecular formula is C20H20ClN3O2S. The van der Waals surface area contributed by atoms with Crippen molar-refractivity contribution < 1.29 is 9.47 Å². The maximum absolute atomic E-state index is 6.17. The van der Waals surface area contributed by atoms with Crippen LogP contribution in [0.3, 0.4) is 0 Å². The summed E-state index contributed by atoms with van der Waals surface area (Å²) in [7, 11) is 3.39. The summed E-state index contributed by atoms with van der Waals surface area (Å²) >= 11 is 7.80. The number of aromatic nitrogens is 2. The van der Waals surface area contributed by atoms with Crippen molar-refractivity contribution in [1.29, 1.82) is 0 Å². The molecule has 0 fully saturated rings. The molecule has 140 valence electrons. The zero-order valence-corrected chi connectivity index (χ0v) is 16.7. The molecule has 1 N–H and O–H groups in total. The van der Waals surface area contributed by atoms with E-state index < -0.39 is 0 Å². The number of benzene rings is 2. The Hall–Kier alpha value is -2.28. The minimum absolute atomic E-state index is 0.712. The van der Waals surface area contributed by atoms with Crippen LogP contribution in [-0.4, -0.2) is 36.8 Å². The molecule has 4 rings (SSSR count). The van der Waals surface area contributed by atoms with Gasteiger partial charge in [-0.1, -0.05) is 35.1 Å². The van der Waals surface area contributed by atoms with E-state index in [1.807, 2.05) is 42.5 Å². The van der Waals surface area contributed by atoms with E-state index >= 15 is 0 Å². The standard InChI is InChI=1S/C20H20ClN3O2S/c1-25-10-4-9-22-19-18(13-5-3-6-15(11-13)26-2)23-20-24(19)16-8-7-14(21)12-17(16)27-20/h3,5-8,11-12,22H,4,9-10H2,1-2H3. The molecule has 0 aliphatic heterocycles. The molecule has 5 nitrogen and oxygen atoms in total. The summed E-state index contributed by atoms with van der Waals surface area (Å²) in [5.74, 6) is 1.79. The first-order valence-corrected chi connectivity index (χ1v) is 9.88. The number of nitrogens with zero attached hydrogens (tertiary/aromatic N) is 2. The molecule has 27 heavy (non-hydrogen) atoms. The smallest absolute Gasteiger partial charge is 0.197 e. The molecule has 0 saturated heterocycles. The van der Waals surface area contributed by atoms with Gasteiger partial charge in [-0.05, 0) is 36.8 Å². The number of fused-ring (bicyclic) bond motifs is 3. The number of nitrogens with one attached hydrogen (secondary N) is 1. The Morgan fingerprint density at radius 1 is 1.19 bits per heavy atom. The third kappa shape index (κ3) is 3.48. The first-order chi connectivity index (χ1) is 13.2. The molecule has 0 aliphatic rings. The third-order valence-electron chi connectivity index (χ3n) is 4.37. The predicted octanol–water partition coefficient (Wildman–Crippen LogP) is 5.33. The molecule has 0 atom stereocenters. The maximum Gasteiger partial charge on any atom is 0.197 e. The average Bonchev–Trinajstić information content (AvgIpc) is 3.21. The lowest BCUT2D eigenvalue weighted by Gasteiger charge is -2.09. The van der Waals surface area contributed by atoms with E-state index in [0.29, 0.717) is 6.61 Å². The quantitative estimate of drug-likeness (QED) is 0.425. The van der Waals surface area contributed by atoms with Crippen LogP contribution in [0.25, 0.3) is 26.4 Å². The van der Waals surface area contributed by atoms with Crippen molar-refractivity contribution in [3.8, 4) is 17.0 Å². The van der Waals surface area contributed by atoms with Crippen LogP contribution >= 0.6 is 22.9 Å². The lowest BCUT2D eigenvalue weighted by molar-refractivity contribution is 0.198. The summed E-state index contributed by atoms with van der Waals surface area (Å²) in [6, 6.07) is 13.9. The zero-order chi connectivity index (χ0) is 18.8. The fraction of sp³-hybridized carbons (Fsp3) is 0.250. The molecular weight excluding hydrogens is 382 g/mol. The maximum atomic E-state index is 6.17. The van der Waals surface area contributed by atoms with Crippen LogP contribution in [-0.2, 0) is 4.74 Å². The highest BCUT2D eigenvalue weighted by atomic mass is 35.5. The first-order valence-electron chi connectivity index (χ1n) is 8.69. The summed E-state index contributed by atoms with van der Waals surface area (Å²) in [4.78, 5) is 5.84. The number of halogens is 1. The van der Waals surface area contributed by atoms with Gasteiger partial charge in [-0.25, -0.2) is 4.98 Å². The summed E-state index contributed by atoms with van der Waals surface area (Å²) in [5.41, 5.74) is 3.02. The summed E-state index contributed by atoms with van der Waals surface area (Å²) in [5, 5.41) is 4.28. The van der Waals surface area contributed by atoms with Crippen molar-refractivity contribution in [2.45, 2.75) is 6.42 Å². The highest BCUT2D eigenvalue weighted by Crippen LogP contribution is 2.37. The normalized spacial score (nSPS) is 11.4. The van der Waals surface area contributed by atoms with Crippen molar-refractivity contribution >= 4 is 43.9 Å². The number of methoxy groups -OCH3 is 2. The SMILES string of the molecule is COCCCNc1c(-c2cccc(OC)c2)nc2sc3cc(Cl)ccc3n12. The second kappa shape index (κ2) is 7.76. The lowest BCUT2D eigenvalue weighted by atomic mass is 10.1. The molecule has 2 aromatic heterocycles. The Labute approximate surface area is 166 Å². The van der Waals surface area contributed by atoms with Crippen LogP contribution in [0.15, 0.2) is 42.5 Å². The minimum atomic E-state index is 0.712. The molecule has 7 heteroatoms. The van der Waals surface area contributed by atoms with E-state index in [-0.39, 0.29) is 0 Å². The highest BCUT2D eigenvalue weighted by Gasteiger charge is 2.18. The largest absolute Gasteiger partial charge is 0.497 e. The fourth-order valence-electron chi connectivity index (χ4n) is 3.10. The van der Waals surface area contributed by atoms with Gasteiger partial charge in [-0.15, -0.1) is 0 Å². The van der Waals surface area contributed by atoms with E-state index in [4.69, 9.17) is 26.1 Å². The zero-order valence-electron chi connectivity index (χ0n) is 15.2. The lowest BCUT2D eigenvalue weighted by Crippen LogP contribution is -2.07. The Kier molecular flexibility index (Phi) is 5.20. The van der Waals surface area contributed by atoms with Crippen LogP contribution in [0.5, 0.6) is 5.75 Å². The molecule has 0 bridgehead atoms. The van der Waals surface area contributed by atoms with Gasteiger partial charge in [-0.2, -0.15) is 0 Å². The number of hydrogen-bond donors (Lipinski definition) is 1. The summed E-state index contributed by atoms with van der Waals surface area (Å²) in [6.07, 6.45) is 0.912. The summed E-state index contributed by atoms with van der Waals surface area (Å²) < 4.78 is 13.8. The van der Waals surface area contributed by atoms with Gasteiger partial charge in [0.05, 0.1) is 17.3 Å². The van der Waals surface area contributed by atoms with E-state index in [9.17, 15) is 0 Å². The molecule has 0 saturated carbocycles. The van der Waals surface area contributed by atoms with Gasteiger partial charge in [-0.3, -0.25) is 4.40 Å². The van der Waals surface area contributed by atoms with Gasteiger partial charge in [0.15, 0.2) is 4.96 Å². The van der Waals surface area contributed by atoms with Crippen LogP contribution < -0.4 is 10.1 Å². The number of hydrogen-bond acceptors (Lipinski definition) is 5. The molecule has 0 radical (unpaired) electrons. The number of rotatable bonds is 7. The van der Waals surface area contributed by atoms with Crippen molar-refractivity contribution in [2.75, 3.05) is 32.7 Å². The van der Waals surface area contributed by atoms with Gasteiger partial charge in [0.25, 0.3) is 0 Å². The van der Waals surface area contributed by atoms with Crippen molar-refractivity contribution in [1.82, 2.24) is 9.38 Å². The van der Waals surface area contributed by atoms with Crippen LogP contribution in [0.2, 0.25) is 5.02 Å². The second-order valence-electron chi connectivity index (χ2n) is 6.15. The molecule has 2 heterocycles. The van der Waals surface area contributed by atoms with Gasteiger partial charge in [0, 0.05) is 30.8 Å². The molecule has 0 unspecified atom stereocenters. The molecule has 4 aromatic rings. The van der Waals surface area contributed by atoms with Crippen molar-refractivity contribution in [3.63, 3.8) is 0 Å².